The van der Waals surface area contributed by atoms with Gasteiger partial charge in [-0.25, -0.2) is 0 Å². The monoisotopic (exact) mass is 388 g/mol. The average Bonchev–Trinajstić information content (AvgIpc) is 3.24. The first-order chi connectivity index (χ1) is 13.5. The van der Waals surface area contributed by atoms with E-state index in [1.165, 1.54) is 12.8 Å². The van der Waals surface area contributed by atoms with E-state index in [2.05, 4.69) is 26.9 Å². The Morgan fingerprint density at radius 2 is 1.96 bits per heavy atom. The number of nitrogens with zero attached hydrogens (tertiary/aromatic N) is 1. The van der Waals surface area contributed by atoms with E-state index >= 15 is 0 Å². The average molecular weight is 389 g/mol. The summed E-state index contributed by atoms with van der Waals surface area (Å²) in [6, 6.07) is 7.28. The summed E-state index contributed by atoms with van der Waals surface area (Å²) >= 11 is 0. The zero-order valence-corrected chi connectivity index (χ0v) is 16.9. The minimum absolute atomic E-state index is 0.107. The number of benzene rings is 1. The Labute approximate surface area is 167 Å². The van der Waals surface area contributed by atoms with Gasteiger partial charge in [0.1, 0.15) is 6.04 Å². The number of ether oxygens (including phenoxy) is 1. The fourth-order valence-corrected chi connectivity index (χ4v) is 4.04. The van der Waals surface area contributed by atoms with E-state index in [9.17, 15) is 9.59 Å². The van der Waals surface area contributed by atoms with Crippen molar-refractivity contribution in [2.45, 2.75) is 38.6 Å². The molecule has 1 atom stereocenters. The van der Waals surface area contributed by atoms with Crippen molar-refractivity contribution in [1.29, 1.82) is 0 Å². The van der Waals surface area contributed by atoms with E-state index in [1.807, 2.05) is 18.2 Å². The molecule has 154 valence electrons. The highest BCUT2D eigenvalue weighted by molar-refractivity contribution is 5.98. The van der Waals surface area contributed by atoms with Crippen LogP contribution in [-0.4, -0.2) is 57.8 Å². The van der Waals surface area contributed by atoms with Crippen molar-refractivity contribution in [2.24, 2.45) is 5.41 Å². The maximum Gasteiger partial charge on any atom is 0.246 e. The molecule has 2 amide bonds. The van der Waals surface area contributed by atoms with Crippen LogP contribution in [0, 0.1) is 5.41 Å². The summed E-state index contributed by atoms with van der Waals surface area (Å²) in [5.74, 6) is -0.322. The fourth-order valence-electron chi connectivity index (χ4n) is 4.04. The lowest BCUT2D eigenvalue weighted by atomic mass is 9.78. The van der Waals surface area contributed by atoms with E-state index in [0.717, 1.165) is 37.6 Å². The molecule has 0 aliphatic carbocycles. The number of hydrogen-bond donors (Lipinski definition) is 3. The van der Waals surface area contributed by atoms with Gasteiger partial charge in [-0.05, 0) is 63.9 Å². The Hall–Kier alpha value is -2.12. The van der Waals surface area contributed by atoms with Gasteiger partial charge in [0, 0.05) is 31.6 Å². The summed E-state index contributed by atoms with van der Waals surface area (Å²) < 4.78 is 5.31. The topological polar surface area (TPSA) is 82.7 Å². The van der Waals surface area contributed by atoms with Gasteiger partial charge in [0.05, 0.1) is 12.0 Å². The van der Waals surface area contributed by atoms with Gasteiger partial charge >= 0.3 is 0 Å². The first kappa shape index (κ1) is 20.6. The zero-order chi connectivity index (χ0) is 20.0. The SMILES string of the molecule is COCC1(C(=O)NC(C)C(=O)Nc2cccc(N3CCCC3)c2)CCNCC1. The molecule has 2 fully saturated rings. The molecular formula is C21H32N4O3. The fraction of sp³-hybridized carbons (Fsp3) is 0.619. The van der Waals surface area contributed by atoms with Crippen molar-refractivity contribution >= 4 is 23.2 Å². The summed E-state index contributed by atoms with van der Waals surface area (Å²) in [6.07, 6.45) is 3.83. The predicted molar refractivity (Wildman–Crippen MR) is 111 cm³/mol. The third-order valence-corrected chi connectivity index (χ3v) is 5.79. The summed E-state index contributed by atoms with van der Waals surface area (Å²) in [7, 11) is 1.61. The molecule has 2 aliphatic rings. The van der Waals surface area contributed by atoms with Gasteiger partial charge in [-0.3, -0.25) is 9.59 Å². The van der Waals surface area contributed by atoms with E-state index in [0.29, 0.717) is 19.4 Å². The lowest BCUT2D eigenvalue weighted by molar-refractivity contribution is -0.138. The first-order valence-corrected chi connectivity index (χ1v) is 10.2. The summed E-state index contributed by atoms with van der Waals surface area (Å²) in [6.45, 7) is 5.76. The van der Waals surface area contributed by atoms with E-state index in [1.54, 1.807) is 14.0 Å². The lowest BCUT2D eigenvalue weighted by Crippen LogP contribution is -2.54. The minimum Gasteiger partial charge on any atom is -0.384 e. The van der Waals surface area contributed by atoms with Gasteiger partial charge in [0.2, 0.25) is 11.8 Å². The predicted octanol–water partition coefficient (Wildman–Crippen LogP) is 1.75. The second-order valence-electron chi connectivity index (χ2n) is 7.89. The molecule has 1 aromatic carbocycles. The number of piperidine rings is 1. The molecular weight excluding hydrogens is 356 g/mol. The van der Waals surface area contributed by atoms with Crippen molar-refractivity contribution in [2.75, 3.05) is 50.1 Å². The maximum atomic E-state index is 12.9. The number of methoxy groups -OCH3 is 1. The molecule has 7 heteroatoms. The van der Waals surface area contributed by atoms with Gasteiger partial charge in [0.25, 0.3) is 0 Å². The molecule has 0 saturated carbocycles. The Morgan fingerprint density at radius 1 is 1.25 bits per heavy atom. The van der Waals surface area contributed by atoms with Gasteiger partial charge in [-0.1, -0.05) is 6.07 Å². The number of nitrogens with one attached hydrogen (secondary N) is 3. The molecule has 2 saturated heterocycles. The molecule has 0 radical (unpaired) electrons. The molecule has 2 heterocycles. The summed E-state index contributed by atoms with van der Waals surface area (Å²) in [5, 5.41) is 9.10. The second-order valence-corrected chi connectivity index (χ2v) is 7.89. The van der Waals surface area contributed by atoms with Crippen LogP contribution in [-0.2, 0) is 14.3 Å². The van der Waals surface area contributed by atoms with Crippen LogP contribution >= 0.6 is 0 Å². The standard InChI is InChI=1S/C21H32N4O3/c1-16(23-20(27)21(15-28-2)8-10-22-11-9-21)19(26)24-17-6-5-7-18(14-17)25-12-3-4-13-25/h5-7,14,16,22H,3-4,8-13,15H2,1-2H3,(H,23,27)(H,24,26). The Balaban J connectivity index is 1.59. The summed E-state index contributed by atoms with van der Waals surface area (Å²) in [5.41, 5.74) is 1.31. The van der Waals surface area contributed by atoms with Crippen LogP contribution in [0.2, 0.25) is 0 Å². The molecule has 7 nitrogen and oxygen atoms in total. The van der Waals surface area contributed by atoms with Crippen molar-refractivity contribution in [3.05, 3.63) is 24.3 Å². The van der Waals surface area contributed by atoms with Crippen LogP contribution in [0.15, 0.2) is 24.3 Å². The number of anilines is 2. The Morgan fingerprint density at radius 3 is 2.64 bits per heavy atom. The van der Waals surface area contributed by atoms with Crippen LogP contribution in [0.3, 0.4) is 0 Å². The highest BCUT2D eigenvalue weighted by Gasteiger charge is 2.40. The van der Waals surface area contributed by atoms with E-state index in [-0.39, 0.29) is 11.8 Å². The Bertz CT molecular complexity index is 676. The van der Waals surface area contributed by atoms with Crippen LogP contribution in [0.25, 0.3) is 0 Å². The van der Waals surface area contributed by atoms with E-state index in [4.69, 9.17) is 4.74 Å². The number of amides is 2. The molecule has 3 N–H and O–H groups in total. The molecule has 1 aromatic rings. The van der Waals surface area contributed by atoms with Gasteiger partial charge < -0.3 is 25.6 Å². The molecule has 28 heavy (non-hydrogen) atoms. The van der Waals surface area contributed by atoms with Crippen LogP contribution in [0.4, 0.5) is 11.4 Å². The zero-order valence-electron chi connectivity index (χ0n) is 16.9. The first-order valence-electron chi connectivity index (χ1n) is 10.2. The molecule has 3 rings (SSSR count). The van der Waals surface area contributed by atoms with Crippen molar-refractivity contribution < 1.29 is 14.3 Å². The highest BCUT2D eigenvalue weighted by Crippen LogP contribution is 2.29. The van der Waals surface area contributed by atoms with Gasteiger partial charge in [-0.15, -0.1) is 0 Å². The number of carbonyl (C=O) groups is 2. The smallest absolute Gasteiger partial charge is 0.246 e. The molecule has 1 unspecified atom stereocenters. The second kappa shape index (κ2) is 9.39. The maximum absolute atomic E-state index is 12.9. The van der Waals surface area contributed by atoms with Crippen LogP contribution in [0.1, 0.15) is 32.6 Å². The van der Waals surface area contributed by atoms with Gasteiger partial charge in [0.15, 0.2) is 0 Å². The summed E-state index contributed by atoms with van der Waals surface area (Å²) in [4.78, 5) is 27.9. The van der Waals surface area contributed by atoms with Gasteiger partial charge in [-0.2, -0.15) is 0 Å². The Kier molecular flexibility index (Phi) is 6.91. The minimum atomic E-state index is -0.619. The largest absolute Gasteiger partial charge is 0.384 e. The van der Waals surface area contributed by atoms with Crippen molar-refractivity contribution in [1.82, 2.24) is 10.6 Å². The molecule has 0 bridgehead atoms. The van der Waals surface area contributed by atoms with E-state index < -0.39 is 11.5 Å². The van der Waals surface area contributed by atoms with Crippen molar-refractivity contribution in [3.8, 4) is 0 Å². The third kappa shape index (κ3) is 4.83. The molecule has 0 spiro atoms. The number of carbonyl (C=O) groups excluding carboxylic acids is 2. The molecule has 0 aromatic heterocycles. The lowest BCUT2D eigenvalue weighted by Gasteiger charge is -2.36. The molecule has 2 aliphatic heterocycles. The van der Waals surface area contributed by atoms with Crippen LogP contribution in [0.5, 0.6) is 0 Å². The number of rotatable bonds is 7. The number of hydrogen-bond acceptors (Lipinski definition) is 5. The quantitative estimate of drug-likeness (QED) is 0.663. The van der Waals surface area contributed by atoms with Crippen molar-refractivity contribution in [3.63, 3.8) is 0 Å². The third-order valence-electron chi connectivity index (χ3n) is 5.79. The normalized spacial score (nSPS) is 19.9. The van der Waals surface area contributed by atoms with Crippen LogP contribution < -0.4 is 20.9 Å². The highest BCUT2D eigenvalue weighted by atomic mass is 16.5.